The van der Waals surface area contributed by atoms with Gasteiger partial charge >= 0.3 is 5.97 Å². The van der Waals surface area contributed by atoms with Crippen LogP contribution in [0.1, 0.15) is 16.7 Å². The van der Waals surface area contributed by atoms with Gasteiger partial charge in [0.25, 0.3) is 5.91 Å². The van der Waals surface area contributed by atoms with Gasteiger partial charge in [-0.2, -0.15) is 5.26 Å². The Morgan fingerprint density at radius 3 is 2.59 bits per heavy atom. The number of anilines is 1. The summed E-state index contributed by atoms with van der Waals surface area (Å²) in [5.41, 5.74) is 2.49. The van der Waals surface area contributed by atoms with Gasteiger partial charge in [-0.1, -0.05) is 35.9 Å². The van der Waals surface area contributed by atoms with Crippen LogP contribution in [0.25, 0.3) is 6.08 Å². The van der Waals surface area contributed by atoms with Crippen molar-refractivity contribution in [3.8, 4) is 6.07 Å². The average molecular weight is 413 g/mol. The Kier molecular flexibility index (Phi) is 7.65. The second-order valence-electron chi connectivity index (χ2n) is 5.98. The van der Waals surface area contributed by atoms with E-state index < -0.39 is 35.1 Å². The SMILES string of the molecule is Cc1ccc(/C=C/S(=O)(=O)NCC(=O)OCC(=O)Nc2cccc(C#N)c2)cc1. The monoisotopic (exact) mass is 413 g/mol. The Morgan fingerprint density at radius 1 is 1.17 bits per heavy atom. The van der Waals surface area contributed by atoms with Gasteiger partial charge in [0.05, 0.1) is 11.6 Å². The number of nitrogens with one attached hydrogen (secondary N) is 2. The summed E-state index contributed by atoms with van der Waals surface area (Å²) in [6.07, 6.45) is 1.40. The molecule has 0 aliphatic carbocycles. The summed E-state index contributed by atoms with van der Waals surface area (Å²) >= 11 is 0. The van der Waals surface area contributed by atoms with Crippen LogP contribution in [-0.2, 0) is 24.3 Å². The van der Waals surface area contributed by atoms with Crippen molar-refractivity contribution in [1.29, 1.82) is 5.26 Å². The Hall–Kier alpha value is -3.48. The summed E-state index contributed by atoms with van der Waals surface area (Å²) in [6.45, 7) is 0.718. The van der Waals surface area contributed by atoms with Crippen LogP contribution in [0.3, 0.4) is 0 Å². The van der Waals surface area contributed by atoms with Crippen molar-refractivity contribution in [2.24, 2.45) is 0 Å². The van der Waals surface area contributed by atoms with E-state index in [1.165, 1.54) is 12.1 Å². The predicted octanol–water partition coefficient (Wildman–Crippen LogP) is 1.94. The summed E-state index contributed by atoms with van der Waals surface area (Å²) in [5, 5.41) is 12.2. The highest BCUT2D eigenvalue weighted by Crippen LogP contribution is 2.09. The largest absolute Gasteiger partial charge is 0.455 e. The Bertz CT molecular complexity index is 1050. The molecule has 1 amide bonds. The van der Waals surface area contributed by atoms with Crippen LogP contribution in [0.5, 0.6) is 0 Å². The van der Waals surface area contributed by atoms with Crippen LogP contribution in [0.4, 0.5) is 5.69 Å². The number of carbonyl (C=O) groups is 2. The van der Waals surface area contributed by atoms with E-state index in [4.69, 9.17) is 10.00 Å². The molecule has 2 rings (SSSR count). The maximum Gasteiger partial charge on any atom is 0.321 e. The molecule has 8 nitrogen and oxygen atoms in total. The second kappa shape index (κ2) is 10.2. The molecule has 150 valence electrons. The lowest BCUT2D eigenvalue weighted by Crippen LogP contribution is -2.31. The molecule has 9 heteroatoms. The number of benzene rings is 2. The molecule has 0 aliphatic heterocycles. The number of nitriles is 1. The molecule has 0 saturated heterocycles. The minimum Gasteiger partial charge on any atom is -0.455 e. The second-order valence-corrected chi connectivity index (χ2v) is 7.63. The molecule has 0 unspecified atom stereocenters. The summed E-state index contributed by atoms with van der Waals surface area (Å²) in [4.78, 5) is 23.4. The molecular weight excluding hydrogens is 394 g/mol. The highest BCUT2D eigenvalue weighted by atomic mass is 32.2. The standard InChI is InChI=1S/C20H19N3O5S/c1-15-5-7-16(8-6-15)9-10-29(26,27)22-13-20(25)28-14-19(24)23-18-4-2-3-17(11-18)12-21/h2-11,22H,13-14H2,1H3,(H,23,24)/b10-9+. The Labute approximate surface area is 168 Å². The molecule has 0 saturated carbocycles. The van der Waals surface area contributed by atoms with E-state index in [-0.39, 0.29) is 0 Å². The fourth-order valence-corrected chi connectivity index (χ4v) is 2.87. The quantitative estimate of drug-likeness (QED) is 0.637. The highest BCUT2D eigenvalue weighted by molar-refractivity contribution is 7.92. The molecule has 0 aliphatic rings. The number of hydrogen-bond acceptors (Lipinski definition) is 6. The number of amides is 1. The molecule has 0 aromatic heterocycles. The van der Waals surface area contributed by atoms with Gasteiger partial charge in [-0.15, -0.1) is 0 Å². The van der Waals surface area contributed by atoms with E-state index in [2.05, 4.69) is 10.0 Å². The number of carbonyl (C=O) groups excluding carboxylic acids is 2. The summed E-state index contributed by atoms with van der Waals surface area (Å²) in [7, 11) is -3.84. The lowest BCUT2D eigenvalue weighted by atomic mass is 10.2. The fourth-order valence-electron chi connectivity index (χ4n) is 2.11. The van der Waals surface area contributed by atoms with E-state index in [0.29, 0.717) is 16.8 Å². The average Bonchev–Trinajstić information content (AvgIpc) is 2.70. The lowest BCUT2D eigenvalue weighted by molar-refractivity contribution is -0.146. The Morgan fingerprint density at radius 2 is 1.90 bits per heavy atom. The summed E-state index contributed by atoms with van der Waals surface area (Å²) in [5.74, 6) is -1.52. The number of ether oxygens (including phenoxy) is 1. The first-order valence-corrected chi connectivity index (χ1v) is 10.0. The maximum absolute atomic E-state index is 11.9. The first-order chi connectivity index (χ1) is 13.8. The molecule has 0 bridgehead atoms. The van der Waals surface area contributed by atoms with Crippen molar-refractivity contribution in [2.75, 3.05) is 18.5 Å². The molecular formula is C20H19N3O5S. The topological polar surface area (TPSA) is 125 Å². The third kappa shape index (κ3) is 7.96. The van der Waals surface area contributed by atoms with Gasteiger partial charge in [-0.25, -0.2) is 13.1 Å². The normalized spacial score (nSPS) is 11.0. The summed E-state index contributed by atoms with van der Waals surface area (Å²) in [6, 6.07) is 15.4. The number of aryl methyl sites for hydroxylation is 1. The van der Waals surface area contributed by atoms with Gasteiger partial charge in [0.2, 0.25) is 10.0 Å². The van der Waals surface area contributed by atoms with Gasteiger partial charge in [0.15, 0.2) is 6.61 Å². The van der Waals surface area contributed by atoms with Crippen LogP contribution >= 0.6 is 0 Å². The van der Waals surface area contributed by atoms with Crippen LogP contribution in [0.15, 0.2) is 53.9 Å². The van der Waals surface area contributed by atoms with Crippen molar-refractivity contribution < 1.29 is 22.7 Å². The third-order valence-corrected chi connectivity index (χ3v) is 4.62. The highest BCUT2D eigenvalue weighted by Gasteiger charge is 2.12. The summed E-state index contributed by atoms with van der Waals surface area (Å²) < 4.78 is 30.6. The van der Waals surface area contributed by atoms with E-state index in [1.807, 2.05) is 25.1 Å². The minimum absolute atomic E-state index is 0.368. The van der Waals surface area contributed by atoms with Crippen molar-refractivity contribution in [3.05, 3.63) is 70.6 Å². The van der Waals surface area contributed by atoms with Crippen LogP contribution < -0.4 is 10.0 Å². The first-order valence-electron chi connectivity index (χ1n) is 8.47. The fraction of sp³-hybridized carbons (Fsp3) is 0.150. The number of nitrogens with zero attached hydrogens (tertiary/aromatic N) is 1. The number of sulfonamides is 1. The minimum atomic E-state index is -3.84. The molecule has 0 heterocycles. The van der Waals surface area contributed by atoms with Gasteiger partial charge in [0.1, 0.15) is 6.54 Å². The number of rotatable bonds is 8. The lowest BCUT2D eigenvalue weighted by Gasteiger charge is -2.07. The predicted molar refractivity (Wildman–Crippen MR) is 108 cm³/mol. The van der Waals surface area contributed by atoms with Gasteiger partial charge in [-0.3, -0.25) is 9.59 Å². The molecule has 0 fully saturated rings. The molecule has 0 atom stereocenters. The van der Waals surface area contributed by atoms with E-state index in [9.17, 15) is 18.0 Å². The van der Waals surface area contributed by atoms with Gasteiger partial charge in [-0.05, 0) is 36.8 Å². The zero-order chi connectivity index (χ0) is 21.3. The maximum atomic E-state index is 11.9. The molecule has 29 heavy (non-hydrogen) atoms. The zero-order valence-corrected chi connectivity index (χ0v) is 16.4. The first kappa shape index (κ1) is 21.8. The van der Waals surface area contributed by atoms with Gasteiger partial charge < -0.3 is 10.1 Å². The van der Waals surface area contributed by atoms with E-state index in [0.717, 1.165) is 11.0 Å². The van der Waals surface area contributed by atoms with Crippen LogP contribution in [-0.4, -0.2) is 33.4 Å². The number of hydrogen-bond donors (Lipinski definition) is 2. The van der Waals surface area contributed by atoms with Crippen molar-refractivity contribution in [1.82, 2.24) is 4.72 Å². The van der Waals surface area contributed by atoms with E-state index in [1.54, 1.807) is 30.3 Å². The van der Waals surface area contributed by atoms with Crippen molar-refractivity contribution in [2.45, 2.75) is 6.92 Å². The van der Waals surface area contributed by atoms with Crippen LogP contribution in [0, 0.1) is 18.3 Å². The van der Waals surface area contributed by atoms with Crippen molar-refractivity contribution in [3.63, 3.8) is 0 Å². The zero-order valence-electron chi connectivity index (χ0n) is 15.6. The number of esters is 1. The smallest absolute Gasteiger partial charge is 0.321 e. The molecule has 0 radical (unpaired) electrons. The van der Waals surface area contributed by atoms with E-state index >= 15 is 0 Å². The third-order valence-electron chi connectivity index (χ3n) is 3.57. The Balaban J connectivity index is 1.77. The van der Waals surface area contributed by atoms with Gasteiger partial charge in [0, 0.05) is 11.1 Å². The molecule has 2 aromatic rings. The molecule has 2 N–H and O–H groups in total. The van der Waals surface area contributed by atoms with Crippen molar-refractivity contribution >= 4 is 33.7 Å². The molecule has 0 spiro atoms. The van der Waals surface area contributed by atoms with Crippen LogP contribution in [0.2, 0.25) is 0 Å². The molecule has 2 aromatic carbocycles.